The van der Waals surface area contributed by atoms with E-state index in [-0.39, 0.29) is 3.55 Å². The van der Waals surface area contributed by atoms with Crippen molar-refractivity contribution in [3.63, 3.8) is 0 Å². The molecule has 2 N–H and O–H groups in total. The zero-order valence-corrected chi connectivity index (χ0v) is 5.90. The maximum Gasteiger partial charge on any atom is 0.0710 e. The summed E-state index contributed by atoms with van der Waals surface area (Å²) in [5.74, 6) is 0.762. The zero-order valence-electron chi connectivity index (χ0n) is 3.74. The van der Waals surface area contributed by atoms with Crippen LogP contribution in [0.25, 0.3) is 0 Å². The second-order valence-corrected chi connectivity index (χ2v) is 4.04. The Morgan fingerprint density at radius 2 is 2.17 bits per heavy atom. The zero-order chi connectivity index (χ0) is 4.78. The van der Waals surface area contributed by atoms with Crippen LogP contribution in [0.1, 0.15) is 13.3 Å². The monoisotopic (exact) mass is 197 g/mol. The third kappa shape index (κ3) is 0.680. The third-order valence-electron chi connectivity index (χ3n) is 1.28. The first-order valence-electron chi connectivity index (χ1n) is 2.11. The summed E-state index contributed by atoms with van der Waals surface area (Å²) in [6.07, 6.45) is 1.20. The van der Waals surface area contributed by atoms with Gasteiger partial charge < -0.3 is 5.73 Å². The molecule has 0 aromatic rings. The molecule has 1 unspecified atom stereocenters. The van der Waals surface area contributed by atoms with E-state index in [1.54, 1.807) is 0 Å². The lowest BCUT2D eigenvalue weighted by molar-refractivity contribution is 0.874. The number of hydrogen-bond donors (Lipinski definition) is 1. The summed E-state index contributed by atoms with van der Waals surface area (Å²) in [5.41, 5.74) is 5.60. The van der Waals surface area contributed by atoms with Crippen LogP contribution in [0.3, 0.4) is 0 Å². The molecule has 1 fully saturated rings. The van der Waals surface area contributed by atoms with E-state index < -0.39 is 0 Å². The van der Waals surface area contributed by atoms with Gasteiger partial charge in [-0.1, -0.05) is 29.5 Å². The maximum atomic E-state index is 5.60. The van der Waals surface area contributed by atoms with Gasteiger partial charge in [-0.2, -0.15) is 0 Å². The van der Waals surface area contributed by atoms with Crippen molar-refractivity contribution in [3.8, 4) is 0 Å². The van der Waals surface area contributed by atoms with Crippen LogP contribution in [0.5, 0.6) is 0 Å². The smallest absolute Gasteiger partial charge is 0.0710 e. The molecule has 0 saturated heterocycles. The summed E-state index contributed by atoms with van der Waals surface area (Å²) < 4.78 is 0.178. The average Bonchev–Trinajstić information content (AvgIpc) is 1.73. The molecule has 1 aliphatic rings. The van der Waals surface area contributed by atoms with Crippen molar-refractivity contribution in [2.24, 2.45) is 11.7 Å². The van der Waals surface area contributed by atoms with Gasteiger partial charge >= 0.3 is 0 Å². The van der Waals surface area contributed by atoms with Gasteiger partial charge in [0.05, 0.1) is 3.55 Å². The second-order valence-electron chi connectivity index (χ2n) is 2.03. The Kier molecular flexibility index (Phi) is 0.883. The lowest BCUT2D eigenvalue weighted by Gasteiger charge is -1.90. The molecule has 0 spiro atoms. The topological polar surface area (TPSA) is 26.0 Å². The van der Waals surface area contributed by atoms with Crippen molar-refractivity contribution in [2.45, 2.75) is 16.9 Å². The van der Waals surface area contributed by atoms with Crippen LogP contribution in [0.15, 0.2) is 0 Å². The van der Waals surface area contributed by atoms with E-state index in [0.717, 1.165) is 5.92 Å². The number of halogens is 1. The molecule has 1 aliphatic carbocycles. The Morgan fingerprint density at radius 3 is 2.17 bits per heavy atom. The van der Waals surface area contributed by atoms with Gasteiger partial charge in [-0.3, -0.25) is 0 Å². The molecule has 2 heteroatoms. The predicted octanol–water partition coefficient (Wildman–Crippen LogP) is 1.12. The molecule has 6 heavy (non-hydrogen) atoms. The molecule has 0 radical (unpaired) electrons. The van der Waals surface area contributed by atoms with Crippen LogP contribution in [0, 0.1) is 5.92 Å². The van der Waals surface area contributed by atoms with E-state index >= 15 is 0 Å². The van der Waals surface area contributed by atoms with Crippen LogP contribution in [-0.4, -0.2) is 3.55 Å². The SMILES string of the molecule is C[C@H]1CC1(N)I. The summed E-state index contributed by atoms with van der Waals surface area (Å²) in [6.45, 7) is 2.17. The van der Waals surface area contributed by atoms with Gasteiger partial charge in [0.15, 0.2) is 0 Å². The van der Waals surface area contributed by atoms with Gasteiger partial charge in [-0.25, -0.2) is 0 Å². The summed E-state index contributed by atoms with van der Waals surface area (Å²) in [5, 5.41) is 0. The molecule has 36 valence electrons. The largest absolute Gasteiger partial charge is 0.317 e. The fraction of sp³-hybridized carbons (Fsp3) is 1.00. The van der Waals surface area contributed by atoms with Gasteiger partial charge in [0, 0.05) is 0 Å². The average molecular weight is 197 g/mol. The van der Waals surface area contributed by atoms with Crippen LogP contribution in [0.4, 0.5) is 0 Å². The summed E-state index contributed by atoms with van der Waals surface area (Å²) in [4.78, 5) is 0. The Bertz CT molecular complexity index is 69.9. The first-order valence-corrected chi connectivity index (χ1v) is 3.18. The Labute approximate surface area is 51.4 Å². The predicted molar refractivity (Wildman–Crippen MR) is 34.7 cm³/mol. The maximum absolute atomic E-state index is 5.60. The van der Waals surface area contributed by atoms with Crippen molar-refractivity contribution in [1.29, 1.82) is 0 Å². The molecular formula is C4H8IN. The Morgan fingerprint density at radius 1 is 2.00 bits per heavy atom. The molecule has 1 saturated carbocycles. The fourth-order valence-electron chi connectivity index (χ4n) is 0.410. The van der Waals surface area contributed by atoms with E-state index in [0.29, 0.717) is 0 Å². The standard InChI is InChI=1S/C4H8IN/c1-3-2-4(3,5)6/h3H,2,6H2,1H3/t3-,4?/m0/s1. The van der Waals surface area contributed by atoms with Crippen molar-refractivity contribution >= 4 is 22.6 Å². The number of alkyl halides is 1. The van der Waals surface area contributed by atoms with E-state index in [4.69, 9.17) is 5.73 Å². The number of rotatable bonds is 0. The molecule has 2 atom stereocenters. The lowest BCUT2D eigenvalue weighted by Crippen LogP contribution is -2.13. The molecule has 0 amide bonds. The molecule has 0 heterocycles. The highest BCUT2D eigenvalue weighted by Crippen LogP contribution is 2.45. The molecule has 1 rings (SSSR count). The summed E-state index contributed by atoms with van der Waals surface area (Å²) in [7, 11) is 0. The quantitative estimate of drug-likeness (QED) is 0.351. The lowest BCUT2D eigenvalue weighted by atomic mass is 10.5. The second kappa shape index (κ2) is 1.10. The van der Waals surface area contributed by atoms with Gasteiger partial charge in [-0.05, 0) is 12.3 Å². The highest BCUT2D eigenvalue weighted by atomic mass is 127. The molecule has 1 nitrogen and oxygen atoms in total. The first-order chi connectivity index (χ1) is 2.63. The third-order valence-corrected chi connectivity index (χ3v) is 2.78. The van der Waals surface area contributed by atoms with Gasteiger partial charge in [0.25, 0.3) is 0 Å². The minimum absolute atomic E-state index is 0.178. The van der Waals surface area contributed by atoms with Crippen LogP contribution in [0.2, 0.25) is 0 Å². The van der Waals surface area contributed by atoms with Crippen molar-refractivity contribution in [1.82, 2.24) is 0 Å². The van der Waals surface area contributed by atoms with Crippen molar-refractivity contribution in [3.05, 3.63) is 0 Å². The highest BCUT2D eigenvalue weighted by Gasteiger charge is 2.44. The first kappa shape index (κ1) is 4.84. The minimum atomic E-state index is 0.178. The number of hydrogen-bond acceptors (Lipinski definition) is 1. The van der Waals surface area contributed by atoms with Gasteiger partial charge in [0.1, 0.15) is 0 Å². The van der Waals surface area contributed by atoms with Crippen molar-refractivity contribution < 1.29 is 0 Å². The van der Waals surface area contributed by atoms with E-state index in [1.807, 2.05) is 0 Å². The van der Waals surface area contributed by atoms with Crippen molar-refractivity contribution in [2.75, 3.05) is 0 Å². The van der Waals surface area contributed by atoms with E-state index in [1.165, 1.54) is 6.42 Å². The van der Waals surface area contributed by atoms with Gasteiger partial charge in [-0.15, -0.1) is 0 Å². The normalized spacial score (nSPS) is 55.5. The van der Waals surface area contributed by atoms with E-state index in [2.05, 4.69) is 29.5 Å². The van der Waals surface area contributed by atoms with Crippen LogP contribution in [-0.2, 0) is 0 Å². The molecule has 0 aromatic carbocycles. The minimum Gasteiger partial charge on any atom is -0.317 e. The van der Waals surface area contributed by atoms with Crippen LogP contribution >= 0.6 is 22.6 Å². The summed E-state index contributed by atoms with van der Waals surface area (Å²) >= 11 is 2.29. The number of nitrogens with two attached hydrogens (primary N) is 1. The van der Waals surface area contributed by atoms with Gasteiger partial charge in [0.2, 0.25) is 0 Å². The van der Waals surface area contributed by atoms with E-state index in [9.17, 15) is 0 Å². The Hall–Kier alpha value is 0.690. The van der Waals surface area contributed by atoms with Crippen LogP contribution < -0.4 is 5.73 Å². The Balaban J connectivity index is 2.41. The fourth-order valence-corrected chi connectivity index (χ4v) is 1.07. The highest BCUT2D eigenvalue weighted by molar-refractivity contribution is 14.1. The molecule has 0 aliphatic heterocycles. The molecule has 0 aromatic heterocycles. The molecular weight excluding hydrogens is 189 g/mol. The summed E-state index contributed by atoms with van der Waals surface area (Å²) in [6, 6.07) is 0. The molecule has 0 bridgehead atoms.